The van der Waals surface area contributed by atoms with Gasteiger partial charge in [-0.2, -0.15) is 0 Å². The van der Waals surface area contributed by atoms with Crippen molar-refractivity contribution >= 4 is 72.2 Å². The number of hydrogen-bond donors (Lipinski definition) is 3. The Hall–Kier alpha value is -2.82. The van der Waals surface area contributed by atoms with Crippen molar-refractivity contribution in [2.24, 2.45) is 0 Å². The van der Waals surface area contributed by atoms with Crippen molar-refractivity contribution in [2.75, 3.05) is 0 Å². The lowest BCUT2D eigenvalue weighted by molar-refractivity contribution is 0.959. The number of aromatic nitrogens is 7. The smallest absolute Gasteiger partial charge is 0.148 e. The molecule has 3 aromatic heterocycles. The molecule has 0 radical (unpaired) electrons. The molecule has 0 unspecified atom stereocenters. The van der Waals surface area contributed by atoms with E-state index in [-0.39, 0.29) is 0 Å². The van der Waals surface area contributed by atoms with Gasteiger partial charge in [0.05, 0.1) is 21.3 Å². The van der Waals surface area contributed by atoms with E-state index in [2.05, 4.69) is 64.4 Å². The molecule has 0 aliphatic heterocycles. The average molecular weight is 484 g/mol. The lowest BCUT2D eigenvalue weighted by Crippen LogP contribution is -1.67. The third kappa shape index (κ3) is 4.97. The van der Waals surface area contributed by atoms with E-state index in [1.165, 1.54) is 4.70 Å². The zero-order valence-electron chi connectivity index (χ0n) is 14.8. The minimum atomic E-state index is 0.834. The van der Waals surface area contributed by atoms with Crippen LogP contribution in [0.15, 0.2) is 75.5 Å². The zero-order chi connectivity index (χ0) is 20.1. The first-order valence-electron chi connectivity index (χ1n) is 8.46. The Morgan fingerprint density at radius 1 is 0.759 bits per heavy atom. The van der Waals surface area contributed by atoms with Gasteiger partial charge in [-0.05, 0) is 42.5 Å². The van der Waals surface area contributed by atoms with Crippen molar-refractivity contribution in [1.29, 1.82) is 0 Å². The van der Waals surface area contributed by atoms with Gasteiger partial charge in [0, 0.05) is 4.47 Å². The van der Waals surface area contributed by atoms with Gasteiger partial charge in [-0.15, -0.1) is 34.2 Å². The van der Waals surface area contributed by atoms with Crippen LogP contribution >= 0.6 is 39.9 Å². The van der Waals surface area contributed by atoms with Crippen LogP contribution in [0.5, 0.6) is 0 Å². The summed E-state index contributed by atoms with van der Waals surface area (Å²) in [6.45, 7) is 0. The van der Waals surface area contributed by atoms with Crippen LogP contribution in [0, 0.1) is 0 Å². The summed E-state index contributed by atoms with van der Waals surface area (Å²) in [4.78, 5) is 4.20. The van der Waals surface area contributed by atoms with Crippen LogP contribution in [-0.2, 0) is 0 Å². The van der Waals surface area contributed by atoms with Crippen LogP contribution in [0.25, 0.3) is 32.3 Å². The lowest BCUT2D eigenvalue weighted by Gasteiger charge is -1.85. The molecule has 0 atom stereocenters. The van der Waals surface area contributed by atoms with Gasteiger partial charge in [-0.3, -0.25) is 10.2 Å². The average Bonchev–Trinajstić information content (AvgIpc) is 3.46. The highest BCUT2D eigenvalue weighted by Gasteiger charge is 1.96. The van der Waals surface area contributed by atoms with E-state index in [1.807, 2.05) is 66.7 Å². The Labute approximate surface area is 183 Å². The van der Waals surface area contributed by atoms with Gasteiger partial charge in [0.15, 0.2) is 0 Å². The molecule has 0 spiro atoms. The fourth-order valence-electron chi connectivity index (χ4n) is 2.46. The summed E-state index contributed by atoms with van der Waals surface area (Å²) in [5.41, 5.74) is 4.78. The van der Waals surface area contributed by atoms with Crippen molar-refractivity contribution in [3.8, 4) is 0 Å². The molecule has 0 fully saturated rings. The van der Waals surface area contributed by atoms with E-state index in [9.17, 15) is 0 Å². The third-order valence-electron chi connectivity index (χ3n) is 3.80. The Bertz CT molecular complexity index is 1300. The number of benzene rings is 3. The number of halogens is 1. The zero-order valence-corrected chi connectivity index (χ0v) is 18.1. The second kappa shape index (κ2) is 9.12. The highest BCUT2D eigenvalue weighted by atomic mass is 79.9. The first kappa shape index (κ1) is 19.5. The SMILES string of the molecule is Brc1ccc2[nH]nnc2c1.Sc1nc2ccccc2s1.c1ccc2[nH]nnc2c1. The Morgan fingerprint density at radius 3 is 2.17 bits per heavy atom. The van der Waals surface area contributed by atoms with Crippen LogP contribution in [-0.4, -0.2) is 35.8 Å². The molecule has 6 rings (SSSR count). The van der Waals surface area contributed by atoms with Crippen molar-refractivity contribution in [3.63, 3.8) is 0 Å². The molecule has 0 aliphatic rings. The molecule has 0 saturated carbocycles. The Morgan fingerprint density at radius 2 is 1.41 bits per heavy atom. The number of thiol groups is 1. The molecule has 2 N–H and O–H groups in total. The number of fused-ring (bicyclic) bond motifs is 3. The number of nitrogens with zero attached hydrogens (tertiary/aromatic N) is 5. The first-order valence-corrected chi connectivity index (χ1v) is 10.5. The minimum absolute atomic E-state index is 0.834. The van der Waals surface area contributed by atoms with Gasteiger partial charge < -0.3 is 0 Å². The number of aromatic amines is 2. The van der Waals surface area contributed by atoms with Gasteiger partial charge in [0.25, 0.3) is 0 Å². The van der Waals surface area contributed by atoms with Crippen LogP contribution in [0.4, 0.5) is 0 Å². The molecule has 3 aromatic carbocycles. The summed E-state index contributed by atoms with van der Waals surface area (Å²) >= 11 is 9.09. The van der Waals surface area contributed by atoms with E-state index in [1.54, 1.807) is 11.3 Å². The quantitative estimate of drug-likeness (QED) is 0.256. The predicted molar refractivity (Wildman–Crippen MR) is 122 cm³/mol. The summed E-state index contributed by atoms with van der Waals surface area (Å²) in [5.74, 6) is 0. The van der Waals surface area contributed by atoms with Crippen LogP contribution < -0.4 is 0 Å². The van der Waals surface area contributed by atoms with Gasteiger partial charge >= 0.3 is 0 Å². The normalized spacial score (nSPS) is 10.4. The standard InChI is InChI=1S/C7H5NS2.C6H4BrN3.C6H5N3/c9-7-8-5-3-1-2-4-6(5)10-7;7-4-1-2-5-6(3-4)9-10-8-5;1-2-4-6-5(3-1)7-9-8-6/h1-4H,(H,8,9);1-3H,(H,8,9,10);1-4H,(H,7,8,9). The van der Waals surface area contributed by atoms with Crippen molar-refractivity contribution in [1.82, 2.24) is 35.8 Å². The van der Waals surface area contributed by atoms with E-state index in [0.29, 0.717) is 0 Å². The van der Waals surface area contributed by atoms with Crippen LogP contribution in [0.2, 0.25) is 0 Å². The molecule has 6 aromatic rings. The van der Waals surface area contributed by atoms with E-state index < -0.39 is 0 Å². The lowest BCUT2D eigenvalue weighted by atomic mass is 10.3. The second-order valence-electron chi connectivity index (χ2n) is 5.77. The number of thiazole rings is 1. The third-order valence-corrected chi connectivity index (χ3v) is 5.51. The number of nitrogens with one attached hydrogen (secondary N) is 2. The summed E-state index contributed by atoms with van der Waals surface area (Å²) in [6, 6.07) is 21.6. The van der Waals surface area contributed by atoms with Gasteiger partial charge in [0.2, 0.25) is 0 Å². The van der Waals surface area contributed by atoms with Gasteiger partial charge in [-0.1, -0.05) is 50.6 Å². The molecular weight excluding hydrogens is 470 g/mol. The molecular formula is C19H14BrN7S2. The minimum Gasteiger partial charge on any atom is -0.258 e. The molecule has 0 aliphatic carbocycles. The number of hydrogen-bond acceptors (Lipinski definition) is 7. The maximum Gasteiger partial charge on any atom is 0.148 e. The monoisotopic (exact) mass is 483 g/mol. The largest absolute Gasteiger partial charge is 0.258 e. The maximum atomic E-state index is 4.20. The Balaban J connectivity index is 0.000000106. The van der Waals surface area contributed by atoms with E-state index in [4.69, 9.17) is 0 Å². The fraction of sp³-hybridized carbons (Fsp3) is 0. The van der Waals surface area contributed by atoms with E-state index in [0.717, 1.165) is 36.4 Å². The molecule has 3 heterocycles. The summed E-state index contributed by atoms with van der Waals surface area (Å²) < 4.78 is 3.06. The summed E-state index contributed by atoms with van der Waals surface area (Å²) in [7, 11) is 0. The van der Waals surface area contributed by atoms with E-state index >= 15 is 0 Å². The maximum absolute atomic E-state index is 4.20. The molecule has 0 saturated heterocycles. The fourth-order valence-corrected chi connectivity index (χ4v) is 3.92. The van der Waals surface area contributed by atoms with Gasteiger partial charge in [-0.25, -0.2) is 4.98 Å². The molecule has 7 nitrogen and oxygen atoms in total. The van der Waals surface area contributed by atoms with Crippen LogP contribution in [0.1, 0.15) is 0 Å². The highest BCUT2D eigenvalue weighted by Crippen LogP contribution is 2.23. The Kier molecular flexibility index (Phi) is 6.13. The van der Waals surface area contributed by atoms with Crippen molar-refractivity contribution < 1.29 is 0 Å². The summed E-state index contributed by atoms with van der Waals surface area (Å²) in [6.07, 6.45) is 0. The highest BCUT2D eigenvalue weighted by molar-refractivity contribution is 9.10. The first-order chi connectivity index (χ1) is 14.2. The molecule has 0 amide bonds. The topological polar surface area (TPSA) is 96.0 Å². The summed E-state index contributed by atoms with van der Waals surface area (Å²) in [5, 5.41) is 20.5. The second-order valence-corrected chi connectivity index (χ2v) is 8.44. The van der Waals surface area contributed by atoms with Crippen LogP contribution in [0.3, 0.4) is 0 Å². The molecule has 10 heteroatoms. The number of H-pyrrole nitrogens is 2. The molecule has 29 heavy (non-hydrogen) atoms. The van der Waals surface area contributed by atoms with Gasteiger partial charge in [0.1, 0.15) is 15.4 Å². The molecule has 0 bridgehead atoms. The number of rotatable bonds is 0. The van der Waals surface area contributed by atoms with Crippen molar-refractivity contribution in [2.45, 2.75) is 4.34 Å². The molecule has 144 valence electrons. The predicted octanol–water partition coefficient (Wildman–Crippen LogP) is 5.26. The van der Waals surface area contributed by atoms with Crippen molar-refractivity contribution in [3.05, 3.63) is 71.2 Å². The number of para-hydroxylation sites is 2.